The highest BCUT2D eigenvalue weighted by Crippen LogP contribution is 2.27. The molecule has 0 fully saturated rings. The fraction of sp³-hybridized carbons (Fsp3) is 0.348. The fourth-order valence-corrected chi connectivity index (χ4v) is 2.65. The maximum absolute atomic E-state index is 12.2. The molecule has 0 aliphatic rings. The molecule has 2 amide bonds. The molecule has 0 bridgehead atoms. The zero-order valence-corrected chi connectivity index (χ0v) is 18.3. The zero-order chi connectivity index (χ0) is 22.6. The molecule has 0 radical (unpaired) electrons. The summed E-state index contributed by atoms with van der Waals surface area (Å²) in [5.41, 5.74) is 3.99. The molecule has 1 atom stereocenters. The number of rotatable bonds is 11. The molecule has 0 spiro atoms. The first-order valence-electron chi connectivity index (χ1n) is 10.0. The number of methoxy groups -OCH3 is 2. The summed E-state index contributed by atoms with van der Waals surface area (Å²) in [4.78, 5) is 24.4. The molecular formula is C23H29N3O5. The smallest absolute Gasteiger partial charge is 0.262 e. The minimum absolute atomic E-state index is 0.164. The van der Waals surface area contributed by atoms with Crippen LogP contribution in [0.5, 0.6) is 17.2 Å². The Morgan fingerprint density at radius 3 is 2.45 bits per heavy atom. The first-order valence-corrected chi connectivity index (χ1v) is 10.0. The fourth-order valence-electron chi connectivity index (χ4n) is 2.65. The van der Waals surface area contributed by atoms with E-state index in [1.54, 1.807) is 57.5 Å². The summed E-state index contributed by atoms with van der Waals surface area (Å²) < 4.78 is 16.0. The molecule has 166 valence electrons. The van der Waals surface area contributed by atoms with Crippen molar-refractivity contribution >= 4 is 18.0 Å². The van der Waals surface area contributed by atoms with Gasteiger partial charge in [-0.15, -0.1) is 0 Å². The molecule has 8 heteroatoms. The molecule has 2 N–H and O–H groups in total. The second kappa shape index (κ2) is 12.2. The van der Waals surface area contributed by atoms with Crippen LogP contribution in [0.1, 0.15) is 31.4 Å². The molecule has 8 nitrogen and oxygen atoms in total. The van der Waals surface area contributed by atoms with E-state index in [0.717, 1.165) is 23.3 Å². The zero-order valence-electron chi connectivity index (χ0n) is 18.3. The van der Waals surface area contributed by atoms with E-state index in [1.807, 2.05) is 13.0 Å². The normalized spacial score (nSPS) is 11.6. The van der Waals surface area contributed by atoms with Crippen molar-refractivity contribution < 1.29 is 23.8 Å². The SMILES string of the molecule is CCCOc1ccc(C=NNC(=O)C(C)NC(=O)Cc2ccc(OC)cc2)cc1OC. The van der Waals surface area contributed by atoms with Crippen LogP contribution in [0, 0.1) is 0 Å². The first kappa shape index (κ1) is 23.7. The number of amides is 2. The summed E-state index contributed by atoms with van der Waals surface area (Å²) in [6.45, 7) is 4.22. The Hall–Kier alpha value is -3.55. The van der Waals surface area contributed by atoms with Crippen LogP contribution in [0.15, 0.2) is 47.6 Å². The number of hydrogen-bond acceptors (Lipinski definition) is 6. The average molecular weight is 428 g/mol. The van der Waals surface area contributed by atoms with Crippen LogP contribution < -0.4 is 25.0 Å². The lowest BCUT2D eigenvalue weighted by Crippen LogP contribution is -2.43. The van der Waals surface area contributed by atoms with Gasteiger partial charge in [0, 0.05) is 0 Å². The van der Waals surface area contributed by atoms with E-state index in [9.17, 15) is 9.59 Å². The number of carbonyl (C=O) groups is 2. The monoisotopic (exact) mass is 427 g/mol. The van der Waals surface area contributed by atoms with E-state index in [4.69, 9.17) is 14.2 Å². The lowest BCUT2D eigenvalue weighted by atomic mass is 10.1. The van der Waals surface area contributed by atoms with Gasteiger partial charge < -0.3 is 19.5 Å². The standard InChI is InChI=1S/C23H29N3O5/c1-5-12-31-20-11-8-18(13-21(20)30-4)15-24-26-23(28)16(2)25-22(27)14-17-6-9-19(29-3)10-7-17/h6-11,13,15-16H,5,12,14H2,1-4H3,(H,25,27)(H,26,28). The number of nitrogens with zero attached hydrogens (tertiary/aromatic N) is 1. The quantitative estimate of drug-likeness (QED) is 0.424. The number of ether oxygens (including phenoxy) is 3. The Balaban J connectivity index is 1.85. The summed E-state index contributed by atoms with van der Waals surface area (Å²) in [7, 11) is 3.14. The van der Waals surface area contributed by atoms with E-state index in [1.165, 1.54) is 6.21 Å². The number of hydrogen-bond donors (Lipinski definition) is 2. The van der Waals surface area contributed by atoms with E-state index < -0.39 is 11.9 Å². The third-order valence-corrected chi connectivity index (χ3v) is 4.33. The summed E-state index contributed by atoms with van der Waals surface area (Å²) in [6, 6.07) is 11.8. The van der Waals surface area contributed by atoms with Crippen molar-refractivity contribution in [3.63, 3.8) is 0 Å². The number of benzene rings is 2. The summed E-state index contributed by atoms with van der Waals surface area (Å²) in [5, 5.41) is 6.61. The van der Waals surface area contributed by atoms with Gasteiger partial charge in [-0.3, -0.25) is 9.59 Å². The van der Waals surface area contributed by atoms with Gasteiger partial charge in [-0.05, 0) is 54.8 Å². The minimum Gasteiger partial charge on any atom is -0.497 e. The molecule has 0 saturated carbocycles. The van der Waals surface area contributed by atoms with Gasteiger partial charge >= 0.3 is 0 Å². The molecule has 31 heavy (non-hydrogen) atoms. The van der Waals surface area contributed by atoms with Crippen molar-refractivity contribution in [3.8, 4) is 17.2 Å². The lowest BCUT2D eigenvalue weighted by molar-refractivity contribution is -0.128. The Morgan fingerprint density at radius 1 is 1.06 bits per heavy atom. The summed E-state index contributed by atoms with van der Waals surface area (Å²) >= 11 is 0. The molecule has 0 aromatic heterocycles. The highest BCUT2D eigenvalue weighted by molar-refractivity contribution is 5.89. The number of hydrazone groups is 1. The number of nitrogens with one attached hydrogen (secondary N) is 2. The van der Waals surface area contributed by atoms with Gasteiger partial charge in [-0.1, -0.05) is 19.1 Å². The molecule has 1 unspecified atom stereocenters. The molecule has 0 aliphatic carbocycles. The maximum Gasteiger partial charge on any atom is 0.262 e. The summed E-state index contributed by atoms with van der Waals surface area (Å²) in [6.07, 6.45) is 2.56. The second-order valence-electron chi connectivity index (χ2n) is 6.81. The second-order valence-corrected chi connectivity index (χ2v) is 6.81. The largest absolute Gasteiger partial charge is 0.497 e. The topological polar surface area (TPSA) is 98.2 Å². The number of carbonyl (C=O) groups excluding carboxylic acids is 2. The Bertz CT molecular complexity index is 897. The van der Waals surface area contributed by atoms with E-state index >= 15 is 0 Å². The maximum atomic E-state index is 12.2. The van der Waals surface area contributed by atoms with Crippen molar-refractivity contribution in [2.24, 2.45) is 5.10 Å². The predicted octanol–water partition coefficient (Wildman–Crippen LogP) is 2.69. The van der Waals surface area contributed by atoms with E-state index in [2.05, 4.69) is 15.8 Å². The van der Waals surface area contributed by atoms with Crippen molar-refractivity contribution in [3.05, 3.63) is 53.6 Å². The minimum atomic E-state index is -0.734. The van der Waals surface area contributed by atoms with Crippen LogP contribution in [0.4, 0.5) is 0 Å². The Morgan fingerprint density at radius 2 is 1.81 bits per heavy atom. The van der Waals surface area contributed by atoms with Gasteiger partial charge in [0.15, 0.2) is 11.5 Å². The molecule has 0 saturated heterocycles. The van der Waals surface area contributed by atoms with Crippen LogP contribution >= 0.6 is 0 Å². The van der Waals surface area contributed by atoms with Gasteiger partial charge in [0.25, 0.3) is 5.91 Å². The van der Waals surface area contributed by atoms with Crippen LogP contribution in [-0.4, -0.2) is 44.9 Å². The average Bonchev–Trinajstić information content (AvgIpc) is 2.78. The third-order valence-electron chi connectivity index (χ3n) is 4.33. The van der Waals surface area contributed by atoms with Gasteiger partial charge in [0.2, 0.25) is 5.91 Å². The lowest BCUT2D eigenvalue weighted by Gasteiger charge is -2.12. The third kappa shape index (κ3) is 7.65. The molecule has 0 aliphatic heterocycles. The highest BCUT2D eigenvalue weighted by Gasteiger charge is 2.15. The van der Waals surface area contributed by atoms with Gasteiger partial charge in [-0.25, -0.2) is 5.43 Å². The predicted molar refractivity (Wildman–Crippen MR) is 119 cm³/mol. The Kier molecular flexibility index (Phi) is 9.35. The molecule has 0 heterocycles. The highest BCUT2D eigenvalue weighted by atomic mass is 16.5. The Labute approximate surface area is 182 Å². The molecular weight excluding hydrogens is 398 g/mol. The van der Waals surface area contributed by atoms with Gasteiger partial charge in [-0.2, -0.15) is 5.10 Å². The first-order chi connectivity index (χ1) is 15.0. The van der Waals surface area contributed by atoms with Crippen molar-refractivity contribution in [1.82, 2.24) is 10.7 Å². The van der Waals surface area contributed by atoms with E-state index in [0.29, 0.717) is 18.1 Å². The van der Waals surface area contributed by atoms with Crippen LogP contribution in [0.25, 0.3) is 0 Å². The van der Waals surface area contributed by atoms with E-state index in [-0.39, 0.29) is 12.3 Å². The van der Waals surface area contributed by atoms with Gasteiger partial charge in [0.05, 0.1) is 33.5 Å². The van der Waals surface area contributed by atoms with Crippen molar-refractivity contribution in [1.29, 1.82) is 0 Å². The molecule has 2 aromatic rings. The van der Waals surface area contributed by atoms with Crippen LogP contribution in [0.3, 0.4) is 0 Å². The molecule has 2 rings (SSSR count). The summed E-state index contributed by atoms with van der Waals surface area (Å²) in [5.74, 6) is 1.27. The van der Waals surface area contributed by atoms with Crippen molar-refractivity contribution in [2.75, 3.05) is 20.8 Å². The van der Waals surface area contributed by atoms with Crippen molar-refractivity contribution in [2.45, 2.75) is 32.7 Å². The van der Waals surface area contributed by atoms with Crippen LogP contribution in [-0.2, 0) is 16.0 Å². The van der Waals surface area contributed by atoms with Gasteiger partial charge in [0.1, 0.15) is 11.8 Å². The van der Waals surface area contributed by atoms with Crippen LogP contribution in [0.2, 0.25) is 0 Å². The molecule has 2 aromatic carbocycles.